The lowest BCUT2D eigenvalue weighted by molar-refractivity contribution is -0.136. The molecule has 5 aromatic rings. The highest BCUT2D eigenvalue weighted by Gasteiger charge is 2.43. The molecule has 2 aromatic carbocycles. The van der Waals surface area contributed by atoms with Gasteiger partial charge in [-0.3, -0.25) is 9.59 Å². The van der Waals surface area contributed by atoms with E-state index in [1.165, 1.54) is 27.5 Å². The number of nitrogens with one attached hydrogen (secondary N) is 4. The minimum atomic E-state index is -0.866. The summed E-state index contributed by atoms with van der Waals surface area (Å²) >= 11 is 0. The van der Waals surface area contributed by atoms with Crippen molar-refractivity contribution in [1.29, 1.82) is 0 Å². The lowest BCUT2D eigenvalue weighted by atomic mass is 10.0. The van der Waals surface area contributed by atoms with E-state index in [0.29, 0.717) is 24.6 Å². The first-order chi connectivity index (χ1) is 30.3. The Morgan fingerprint density at radius 2 is 1.17 bits per heavy atom. The maximum absolute atomic E-state index is 14.1. The fourth-order valence-electron chi connectivity index (χ4n) is 8.22. The Morgan fingerprint density at radius 1 is 0.683 bits per heavy atom. The number of benzene rings is 2. The molecule has 0 spiro atoms. The summed E-state index contributed by atoms with van der Waals surface area (Å²) in [4.78, 5) is 83.8. The molecule has 0 unspecified atom stereocenters. The Morgan fingerprint density at radius 3 is 1.67 bits per heavy atom. The summed E-state index contributed by atoms with van der Waals surface area (Å²) in [6.45, 7) is 8.26. The first-order valence-corrected chi connectivity index (χ1v) is 20.9. The van der Waals surface area contributed by atoms with E-state index < -0.39 is 36.3 Å². The van der Waals surface area contributed by atoms with Crippen LogP contribution in [0.5, 0.6) is 0 Å². The van der Waals surface area contributed by atoms with Crippen molar-refractivity contribution in [2.75, 3.05) is 34.4 Å². The summed E-state index contributed by atoms with van der Waals surface area (Å²) in [7, 11) is 3.79. The highest BCUT2D eigenvalue weighted by Crippen LogP contribution is 2.39. The van der Waals surface area contributed by atoms with Crippen LogP contribution >= 0.6 is 0 Å². The van der Waals surface area contributed by atoms with Crippen LogP contribution in [-0.4, -0.2) is 121 Å². The number of aromatic nitrogens is 7. The molecule has 0 saturated carbocycles. The lowest BCUT2D eigenvalue weighted by Crippen LogP contribution is -2.51. The van der Waals surface area contributed by atoms with Crippen LogP contribution in [0, 0.1) is 11.8 Å². The average molecular weight is 864 g/mol. The summed E-state index contributed by atoms with van der Waals surface area (Å²) in [6.07, 6.45) is 5.65. The van der Waals surface area contributed by atoms with Gasteiger partial charge in [0.1, 0.15) is 23.7 Å². The van der Waals surface area contributed by atoms with Crippen molar-refractivity contribution in [1.82, 2.24) is 55.4 Å². The molecule has 7 rings (SSSR count). The molecule has 0 bridgehead atoms. The Balaban J connectivity index is 1.05. The molecule has 0 radical (unpaired) electrons. The predicted octanol–water partition coefficient (Wildman–Crippen LogP) is 5.45. The second-order valence-electron chi connectivity index (χ2n) is 16.4. The molecule has 2 fully saturated rings. The first-order valence-electron chi connectivity index (χ1n) is 20.9. The van der Waals surface area contributed by atoms with Gasteiger partial charge in [-0.05, 0) is 53.4 Å². The van der Waals surface area contributed by atoms with Crippen molar-refractivity contribution < 1.29 is 38.2 Å². The van der Waals surface area contributed by atoms with E-state index in [1.807, 2.05) is 76.2 Å². The number of H-pyrrole nitrogens is 2. The SMILES string of the molecule is COC(=O)N[C@H](C(=O)N1CCC[C@H]1c1ncc(-c2ccc(-c3ccc(-c4cnc([C@@H]5C[C@H](n6cc(C(=O)OC)nn6)CN5C(=O)[C@@H](NC(=O)OC)C(C)C)[nH]4)cc3)cc2)[nH]1)C(C)C. The van der Waals surface area contributed by atoms with Crippen LogP contribution in [0.15, 0.2) is 67.1 Å². The molecule has 332 valence electrons. The smallest absolute Gasteiger partial charge is 0.407 e. The largest absolute Gasteiger partial charge is 0.464 e. The number of aromatic amines is 2. The van der Waals surface area contributed by atoms with E-state index in [1.54, 1.807) is 26.9 Å². The number of imidazole rings is 2. The summed E-state index contributed by atoms with van der Waals surface area (Å²) in [5, 5.41) is 13.5. The van der Waals surface area contributed by atoms with E-state index in [0.717, 1.165) is 46.5 Å². The Hall–Kier alpha value is -7.05. The van der Waals surface area contributed by atoms with E-state index in [4.69, 9.17) is 19.2 Å². The predicted molar refractivity (Wildman–Crippen MR) is 229 cm³/mol. The van der Waals surface area contributed by atoms with Crippen LogP contribution in [0.2, 0.25) is 0 Å². The normalized spacial score (nSPS) is 18.3. The number of alkyl carbamates (subject to hydrolysis) is 2. The van der Waals surface area contributed by atoms with Crippen molar-refractivity contribution in [3.8, 4) is 33.6 Å². The van der Waals surface area contributed by atoms with Crippen molar-refractivity contribution in [2.45, 2.75) is 77.2 Å². The Labute approximate surface area is 364 Å². The molecular weight excluding hydrogens is 811 g/mol. The second kappa shape index (κ2) is 18.9. The number of rotatable bonds is 13. The molecule has 5 atom stereocenters. The molecular formula is C44H53N11O8. The highest BCUT2D eigenvalue weighted by molar-refractivity contribution is 5.88. The third-order valence-electron chi connectivity index (χ3n) is 11.7. The van der Waals surface area contributed by atoms with Gasteiger partial charge in [0.15, 0.2) is 5.69 Å². The molecule has 19 nitrogen and oxygen atoms in total. The van der Waals surface area contributed by atoms with Gasteiger partial charge in [-0.1, -0.05) is 81.4 Å². The molecule has 19 heteroatoms. The van der Waals surface area contributed by atoms with Crippen molar-refractivity contribution in [2.24, 2.45) is 11.8 Å². The van der Waals surface area contributed by atoms with Crippen LogP contribution < -0.4 is 10.6 Å². The van der Waals surface area contributed by atoms with Crippen molar-refractivity contribution in [3.63, 3.8) is 0 Å². The van der Waals surface area contributed by atoms with E-state index in [9.17, 15) is 24.0 Å². The van der Waals surface area contributed by atoms with Crippen molar-refractivity contribution >= 4 is 30.0 Å². The number of carbonyl (C=O) groups excluding carboxylic acids is 5. The monoisotopic (exact) mass is 863 g/mol. The average Bonchev–Trinajstić information content (AvgIpc) is 4.15. The van der Waals surface area contributed by atoms with Gasteiger partial charge in [-0.15, -0.1) is 5.10 Å². The Bertz CT molecular complexity index is 2420. The van der Waals surface area contributed by atoms with Gasteiger partial charge < -0.3 is 44.6 Å². The summed E-state index contributed by atoms with van der Waals surface area (Å²) < 4.78 is 15.9. The van der Waals surface area contributed by atoms with Crippen LogP contribution in [0.3, 0.4) is 0 Å². The maximum Gasteiger partial charge on any atom is 0.407 e. The molecule has 2 saturated heterocycles. The third kappa shape index (κ3) is 9.41. The second-order valence-corrected chi connectivity index (χ2v) is 16.4. The number of hydrogen-bond acceptors (Lipinski definition) is 12. The van der Waals surface area contributed by atoms with Gasteiger partial charge in [0, 0.05) is 13.1 Å². The number of nitrogens with zero attached hydrogens (tertiary/aromatic N) is 7. The van der Waals surface area contributed by atoms with Gasteiger partial charge in [0.25, 0.3) is 0 Å². The van der Waals surface area contributed by atoms with Crippen LogP contribution in [0.4, 0.5) is 9.59 Å². The standard InChI is InChI=1S/C44H53N11O8/c1-24(2)36(49-43(59)62-6)40(56)53-18-8-9-34(53)38-45-20-31(47-38)28-14-10-26(11-15-28)27-12-16-29(17-13-27)32-21-46-39(48-32)35-19-30(55-23-33(51-52-55)42(58)61-5)22-54(35)41(57)37(25(3)4)50-44(60)63-7/h10-17,20-21,23-25,30,34-37H,8-9,18-19,22H2,1-7H3,(H,45,47)(H,46,48)(H,49,59)(H,50,60)/t30-,34-,35-,36-,37-/m0/s1. The number of hydrogen-bond donors (Lipinski definition) is 4. The van der Waals surface area contributed by atoms with Gasteiger partial charge >= 0.3 is 18.2 Å². The number of methoxy groups -OCH3 is 3. The van der Waals surface area contributed by atoms with Crippen molar-refractivity contribution in [3.05, 3.63) is 84.5 Å². The maximum atomic E-state index is 14.1. The van der Waals surface area contributed by atoms with Gasteiger partial charge in [-0.25, -0.2) is 29.0 Å². The molecule has 3 aromatic heterocycles. The van der Waals surface area contributed by atoms with Gasteiger partial charge in [-0.2, -0.15) is 0 Å². The number of likely N-dealkylation sites (tertiary alicyclic amines) is 2. The molecule has 4 amide bonds. The minimum absolute atomic E-state index is 0.0494. The summed E-state index contributed by atoms with van der Waals surface area (Å²) in [5.74, 6) is -0.207. The summed E-state index contributed by atoms with van der Waals surface area (Å²) in [6, 6.07) is 13.5. The van der Waals surface area contributed by atoms with Crippen LogP contribution in [0.1, 0.15) is 87.2 Å². The third-order valence-corrected chi connectivity index (χ3v) is 11.7. The minimum Gasteiger partial charge on any atom is -0.464 e. The van der Waals surface area contributed by atoms with E-state index in [2.05, 4.69) is 35.9 Å². The molecule has 2 aliphatic heterocycles. The highest BCUT2D eigenvalue weighted by atomic mass is 16.5. The zero-order valence-electron chi connectivity index (χ0n) is 36.3. The summed E-state index contributed by atoms with van der Waals surface area (Å²) in [5.41, 5.74) is 5.47. The zero-order valence-corrected chi connectivity index (χ0v) is 36.3. The van der Waals surface area contributed by atoms with Crippen LogP contribution in [-0.2, 0) is 23.8 Å². The van der Waals surface area contributed by atoms with Gasteiger partial charge in [0.05, 0.1) is 69.4 Å². The van der Waals surface area contributed by atoms with Gasteiger partial charge in [0.2, 0.25) is 11.8 Å². The fraction of sp³-hybridized carbons (Fsp3) is 0.432. The fourth-order valence-corrected chi connectivity index (χ4v) is 8.22. The quantitative estimate of drug-likeness (QED) is 0.0855. The number of esters is 1. The topological polar surface area (TPSA) is 232 Å². The molecule has 63 heavy (non-hydrogen) atoms. The Kier molecular flexibility index (Phi) is 13.2. The molecule has 5 heterocycles. The first kappa shape index (κ1) is 44.0. The number of ether oxygens (including phenoxy) is 3. The lowest BCUT2D eigenvalue weighted by Gasteiger charge is -2.30. The molecule has 4 N–H and O–H groups in total. The molecule has 0 aliphatic carbocycles. The molecule has 2 aliphatic rings. The van der Waals surface area contributed by atoms with E-state index in [-0.39, 0.29) is 48.0 Å². The number of carbonyl (C=O) groups is 5. The zero-order chi connectivity index (χ0) is 44.9. The van der Waals surface area contributed by atoms with E-state index >= 15 is 0 Å². The number of amides is 4. The van der Waals surface area contributed by atoms with Crippen LogP contribution in [0.25, 0.3) is 33.6 Å².